The minimum Gasteiger partial charge on any atom is -0.490 e. The maximum atomic E-state index is 13.4. The van der Waals surface area contributed by atoms with Gasteiger partial charge in [-0.25, -0.2) is 18.4 Å². The average molecular weight is 494 g/mol. The maximum absolute atomic E-state index is 13.4. The monoisotopic (exact) mass is 494 g/mol. The van der Waals surface area contributed by atoms with Gasteiger partial charge in [0.15, 0.2) is 11.5 Å². The molecule has 8 nitrogen and oxygen atoms in total. The van der Waals surface area contributed by atoms with E-state index in [4.69, 9.17) is 9.47 Å². The van der Waals surface area contributed by atoms with E-state index in [9.17, 15) is 21.6 Å². The number of benzene rings is 2. The molecular weight excluding hydrogens is 473 g/mol. The Morgan fingerprint density at radius 1 is 0.882 bits per heavy atom. The van der Waals surface area contributed by atoms with Gasteiger partial charge >= 0.3 is 6.18 Å². The molecule has 3 aromatic rings. The predicted octanol–water partition coefficient (Wildman–Crippen LogP) is 3.32. The Balaban J connectivity index is 1.39. The third kappa shape index (κ3) is 4.23. The number of hydrogen-bond acceptors (Lipinski definition) is 7. The van der Waals surface area contributed by atoms with Gasteiger partial charge in [0.1, 0.15) is 5.82 Å². The summed E-state index contributed by atoms with van der Waals surface area (Å²) in [4.78, 5) is 9.18. The lowest BCUT2D eigenvalue weighted by molar-refractivity contribution is -0.144. The molecule has 1 aromatic heterocycles. The van der Waals surface area contributed by atoms with Gasteiger partial charge in [0.25, 0.3) is 0 Å². The quantitative estimate of drug-likeness (QED) is 0.552. The summed E-state index contributed by atoms with van der Waals surface area (Å²) in [6.07, 6.45) is -3.99. The van der Waals surface area contributed by atoms with Crippen molar-refractivity contribution in [2.24, 2.45) is 0 Å². The van der Waals surface area contributed by atoms with E-state index >= 15 is 0 Å². The molecule has 5 rings (SSSR count). The van der Waals surface area contributed by atoms with Gasteiger partial charge in [0.05, 0.1) is 23.6 Å². The minimum atomic E-state index is -4.69. The summed E-state index contributed by atoms with van der Waals surface area (Å²) >= 11 is 0. The summed E-state index contributed by atoms with van der Waals surface area (Å²) in [6.45, 7) is 1.48. The molecule has 12 heteroatoms. The highest BCUT2D eigenvalue weighted by molar-refractivity contribution is 7.89. The highest BCUT2D eigenvalue weighted by atomic mass is 32.2. The first-order valence-electron chi connectivity index (χ1n) is 10.7. The molecule has 0 saturated carbocycles. The van der Waals surface area contributed by atoms with Crippen molar-refractivity contribution in [3.8, 4) is 11.5 Å². The Labute approximate surface area is 194 Å². The van der Waals surface area contributed by atoms with Gasteiger partial charge in [0, 0.05) is 44.1 Å². The molecule has 0 spiro atoms. The number of hydrogen-bond donors (Lipinski definition) is 0. The maximum Gasteiger partial charge on any atom is 0.451 e. The topological polar surface area (TPSA) is 84.9 Å². The molecule has 0 radical (unpaired) electrons. The summed E-state index contributed by atoms with van der Waals surface area (Å²) in [5.74, 6) is -0.198. The highest BCUT2D eigenvalue weighted by Gasteiger charge is 2.37. The fourth-order valence-electron chi connectivity index (χ4n) is 4.02. The van der Waals surface area contributed by atoms with Crippen LogP contribution in [0.15, 0.2) is 47.4 Å². The van der Waals surface area contributed by atoms with E-state index in [-0.39, 0.29) is 42.4 Å². The lowest BCUT2D eigenvalue weighted by Crippen LogP contribution is -2.49. The number of halogens is 3. The van der Waals surface area contributed by atoms with E-state index in [0.29, 0.717) is 36.5 Å². The van der Waals surface area contributed by atoms with E-state index in [1.807, 2.05) is 0 Å². The average Bonchev–Trinajstić information content (AvgIpc) is 3.08. The first kappa shape index (κ1) is 22.7. The van der Waals surface area contributed by atoms with Crippen molar-refractivity contribution in [1.29, 1.82) is 0 Å². The van der Waals surface area contributed by atoms with Gasteiger partial charge in [-0.15, -0.1) is 0 Å². The standard InChI is InChI=1S/C22H21F3N4O4S/c23-22(24,25)21-26-17-5-2-1-4-16(17)20(27-21)28-8-10-29(11-9-28)34(30,31)15-6-7-18-19(14-15)33-13-3-12-32-18/h1-2,4-7,14H,3,8-13H2. The molecule has 180 valence electrons. The van der Waals surface area contributed by atoms with Crippen LogP contribution in [-0.2, 0) is 16.2 Å². The molecular formula is C22H21F3N4O4S. The second-order valence-corrected chi connectivity index (χ2v) is 9.87. The zero-order valence-corrected chi connectivity index (χ0v) is 18.8. The van der Waals surface area contributed by atoms with E-state index in [1.165, 1.54) is 22.5 Å². The lowest BCUT2D eigenvalue weighted by atomic mass is 10.2. The van der Waals surface area contributed by atoms with Crippen molar-refractivity contribution in [2.45, 2.75) is 17.5 Å². The van der Waals surface area contributed by atoms with Crippen LogP contribution >= 0.6 is 0 Å². The molecule has 0 unspecified atom stereocenters. The van der Waals surface area contributed by atoms with Gasteiger partial charge in [0.2, 0.25) is 15.8 Å². The number of para-hydroxylation sites is 1. The molecule has 2 aliphatic heterocycles. The van der Waals surface area contributed by atoms with Crippen LogP contribution in [0.2, 0.25) is 0 Å². The van der Waals surface area contributed by atoms with Crippen molar-refractivity contribution in [1.82, 2.24) is 14.3 Å². The first-order valence-corrected chi connectivity index (χ1v) is 12.2. The molecule has 0 atom stereocenters. The predicted molar refractivity (Wildman–Crippen MR) is 118 cm³/mol. The van der Waals surface area contributed by atoms with E-state index < -0.39 is 22.0 Å². The molecule has 1 fully saturated rings. The van der Waals surface area contributed by atoms with E-state index in [2.05, 4.69) is 9.97 Å². The lowest BCUT2D eigenvalue weighted by Gasteiger charge is -2.35. The summed E-state index contributed by atoms with van der Waals surface area (Å²) in [7, 11) is -3.83. The second-order valence-electron chi connectivity index (χ2n) is 7.94. The number of piperazine rings is 1. The highest BCUT2D eigenvalue weighted by Crippen LogP contribution is 2.34. The second kappa shape index (κ2) is 8.58. The summed E-state index contributed by atoms with van der Waals surface area (Å²) < 4.78 is 79.0. The SMILES string of the molecule is O=S(=O)(c1ccc2c(c1)OCCCO2)N1CCN(c2nc(C(F)(F)F)nc3ccccc23)CC1. The number of rotatable bonds is 3. The number of aromatic nitrogens is 2. The molecule has 3 heterocycles. The number of fused-ring (bicyclic) bond motifs is 2. The Kier molecular flexibility index (Phi) is 5.72. The number of sulfonamides is 1. The third-order valence-electron chi connectivity index (χ3n) is 5.73. The van der Waals surface area contributed by atoms with Crippen molar-refractivity contribution in [2.75, 3.05) is 44.3 Å². The van der Waals surface area contributed by atoms with Crippen LogP contribution < -0.4 is 14.4 Å². The fraction of sp³-hybridized carbons (Fsp3) is 0.364. The number of ether oxygens (including phenoxy) is 2. The largest absolute Gasteiger partial charge is 0.490 e. The zero-order chi connectivity index (χ0) is 23.9. The summed E-state index contributed by atoms with van der Waals surface area (Å²) in [5, 5.41) is 0.481. The van der Waals surface area contributed by atoms with Crippen molar-refractivity contribution in [3.05, 3.63) is 48.3 Å². The van der Waals surface area contributed by atoms with Gasteiger partial charge in [-0.2, -0.15) is 17.5 Å². The Bertz CT molecular complexity index is 1330. The molecule has 0 bridgehead atoms. The Morgan fingerprint density at radius 3 is 2.32 bits per heavy atom. The smallest absolute Gasteiger partial charge is 0.451 e. The molecule has 2 aromatic carbocycles. The van der Waals surface area contributed by atoms with E-state index in [0.717, 1.165) is 0 Å². The molecule has 0 N–H and O–H groups in total. The van der Waals surface area contributed by atoms with Crippen molar-refractivity contribution < 1.29 is 31.1 Å². The zero-order valence-electron chi connectivity index (χ0n) is 18.0. The van der Waals surface area contributed by atoms with Crippen LogP contribution in [0.25, 0.3) is 10.9 Å². The van der Waals surface area contributed by atoms with Gasteiger partial charge in [-0.3, -0.25) is 0 Å². The molecule has 34 heavy (non-hydrogen) atoms. The van der Waals surface area contributed by atoms with Crippen LogP contribution in [0.5, 0.6) is 11.5 Å². The molecule has 1 saturated heterocycles. The van der Waals surface area contributed by atoms with Gasteiger partial charge in [-0.05, 0) is 24.3 Å². The van der Waals surface area contributed by atoms with Crippen LogP contribution in [0, 0.1) is 0 Å². The fourth-order valence-corrected chi connectivity index (χ4v) is 5.46. The number of nitrogens with zero attached hydrogens (tertiary/aromatic N) is 4. The van der Waals surface area contributed by atoms with Gasteiger partial charge < -0.3 is 14.4 Å². The van der Waals surface area contributed by atoms with Crippen LogP contribution in [0.4, 0.5) is 19.0 Å². The first-order chi connectivity index (χ1) is 16.2. The number of anilines is 1. The summed E-state index contributed by atoms with van der Waals surface area (Å²) in [5.41, 5.74) is 0.182. The molecule has 0 amide bonds. The Hall–Kier alpha value is -3.12. The van der Waals surface area contributed by atoms with Crippen LogP contribution in [0.3, 0.4) is 0 Å². The minimum absolute atomic E-state index is 0.0806. The molecule has 0 aliphatic carbocycles. The third-order valence-corrected chi connectivity index (χ3v) is 7.63. The van der Waals surface area contributed by atoms with E-state index in [1.54, 1.807) is 29.2 Å². The van der Waals surface area contributed by atoms with Crippen LogP contribution in [-0.4, -0.2) is 62.1 Å². The summed E-state index contributed by atoms with van der Waals surface area (Å²) in [6, 6.07) is 11.0. The number of alkyl halides is 3. The van der Waals surface area contributed by atoms with Crippen LogP contribution in [0.1, 0.15) is 12.2 Å². The Morgan fingerprint density at radius 2 is 1.59 bits per heavy atom. The van der Waals surface area contributed by atoms with Crippen molar-refractivity contribution >= 4 is 26.7 Å². The van der Waals surface area contributed by atoms with Gasteiger partial charge in [-0.1, -0.05) is 12.1 Å². The normalized spacial score (nSPS) is 17.6. The molecule has 2 aliphatic rings. The van der Waals surface area contributed by atoms with Crippen molar-refractivity contribution in [3.63, 3.8) is 0 Å².